The maximum absolute atomic E-state index is 12.0. The van der Waals surface area contributed by atoms with E-state index >= 15 is 0 Å². The van der Waals surface area contributed by atoms with E-state index in [2.05, 4.69) is 10.3 Å². The number of anilines is 1. The molecule has 2 aromatic heterocycles. The Morgan fingerprint density at radius 3 is 3.05 bits per heavy atom. The molecule has 0 aromatic carbocycles. The first-order valence-electron chi connectivity index (χ1n) is 5.98. The normalized spacial score (nSPS) is 16.9. The zero-order valence-corrected chi connectivity index (χ0v) is 11.4. The minimum Gasteiger partial charge on any atom is -0.495 e. The summed E-state index contributed by atoms with van der Waals surface area (Å²) in [5.74, 6) is -0.781. The van der Waals surface area contributed by atoms with Crippen molar-refractivity contribution in [3.05, 3.63) is 34.5 Å². The zero-order valence-electron chi connectivity index (χ0n) is 10.6. The molecule has 7 heteroatoms. The number of aromatic nitrogens is 1. The molecule has 0 aliphatic carbocycles. The number of hydrogen-bond acceptors (Lipinski definition) is 4. The number of nitrogens with one attached hydrogen (secondary N) is 2. The fourth-order valence-electron chi connectivity index (χ4n) is 2.35. The number of carbonyl (C=O) groups excluding carboxylic acids is 1. The monoisotopic (exact) mass is 292 g/mol. The van der Waals surface area contributed by atoms with Crippen LogP contribution >= 0.6 is 11.3 Å². The molecular formula is C13H12N2O4S. The summed E-state index contributed by atoms with van der Waals surface area (Å²) >= 11 is 1.09. The van der Waals surface area contributed by atoms with E-state index in [1.54, 1.807) is 25.4 Å². The SMILES string of the molecule is COc1cc[nH]c1CC1C(=O)Nc2sc(C(=O)O)cc21. The van der Waals surface area contributed by atoms with Crippen molar-refractivity contribution in [1.29, 1.82) is 0 Å². The molecule has 0 saturated carbocycles. The summed E-state index contributed by atoms with van der Waals surface area (Å²) in [6.45, 7) is 0. The summed E-state index contributed by atoms with van der Waals surface area (Å²) in [6, 6.07) is 3.36. The predicted octanol–water partition coefficient (Wildman–Crippen LogP) is 2.06. The van der Waals surface area contributed by atoms with E-state index in [4.69, 9.17) is 9.84 Å². The molecule has 0 radical (unpaired) electrons. The summed E-state index contributed by atoms with van der Waals surface area (Å²) in [6.07, 6.45) is 2.20. The number of carboxylic acid groups (broad SMARTS) is 1. The second kappa shape index (κ2) is 4.68. The minimum absolute atomic E-state index is 0.111. The van der Waals surface area contributed by atoms with E-state index in [-0.39, 0.29) is 16.7 Å². The Kier molecular flexibility index (Phi) is 2.98. The van der Waals surface area contributed by atoms with Crippen LogP contribution in [0.3, 0.4) is 0 Å². The van der Waals surface area contributed by atoms with Gasteiger partial charge in [-0.2, -0.15) is 0 Å². The number of carbonyl (C=O) groups is 2. The number of carboxylic acids is 1. The molecule has 3 N–H and O–H groups in total. The van der Waals surface area contributed by atoms with Crippen LogP contribution in [0, 0.1) is 0 Å². The molecule has 2 aromatic rings. The molecule has 1 atom stereocenters. The Morgan fingerprint density at radius 1 is 1.55 bits per heavy atom. The number of ether oxygens (including phenoxy) is 1. The first-order chi connectivity index (χ1) is 9.60. The lowest BCUT2D eigenvalue weighted by Gasteiger charge is -2.08. The van der Waals surface area contributed by atoms with E-state index in [1.807, 2.05) is 0 Å². The molecule has 1 amide bonds. The van der Waals surface area contributed by atoms with Crippen molar-refractivity contribution in [2.45, 2.75) is 12.3 Å². The van der Waals surface area contributed by atoms with Crippen LogP contribution in [0.4, 0.5) is 5.00 Å². The molecule has 104 valence electrons. The van der Waals surface area contributed by atoms with Gasteiger partial charge in [0.05, 0.1) is 23.7 Å². The van der Waals surface area contributed by atoms with Crippen molar-refractivity contribution in [3.63, 3.8) is 0 Å². The van der Waals surface area contributed by atoms with Crippen LogP contribution in [0.5, 0.6) is 5.75 Å². The fraction of sp³-hybridized carbons (Fsp3) is 0.231. The summed E-state index contributed by atoms with van der Waals surface area (Å²) in [4.78, 5) is 26.3. The van der Waals surface area contributed by atoms with Gasteiger partial charge in [0.25, 0.3) is 0 Å². The quantitative estimate of drug-likeness (QED) is 0.804. The van der Waals surface area contributed by atoms with Crippen LogP contribution in [0.15, 0.2) is 18.3 Å². The summed E-state index contributed by atoms with van der Waals surface area (Å²) in [7, 11) is 1.57. The van der Waals surface area contributed by atoms with Crippen molar-refractivity contribution in [1.82, 2.24) is 4.98 Å². The highest BCUT2D eigenvalue weighted by molar-refractivity contribution is 7.18. The van der Waals surface area contributed by atoms with Gasteiger partial charge in [0.15, 0.2) is 0 Å². The lowest BCUT2D eigenvalue weighted by atomic mass is 9.97. The Labute approximate surface area is 118 Å². The predicted molar refractivity (Wildman–Crippen MR) is 73.7 cm³/mol. The van der Waals surface area contributed by atoms with Gasteiger partial charge in [0.1, 0.15) is 10.6 Å². The van der Waals surface area contributed by atoms with Gasteiger partial charge in [-0.1, -0.05) is 0 Å². The summed E-state index contributed by atoms with van der Waals surface area (Å²) < 4.78 is 5.21. The zero-order chi connectivity index (χ0) is 14.3. The van der Waals surface area contributed by atoms with Crippen LogP contribution in [0.25, 0.3) is 0 Å². The van der Waals surface area contributed by atoms with Crippen LogP contribution in [-0.2, 0) is 11.2 Å². The van der Waals surface area contributed by atoms with Crippen molar-refractivity contribution in [3.8, 4) is 5.75 Å². The van der Waals surface area contributed by atoms with Crippen LogP contribution < -0.4 is 10.1 Å². The Bertz CT molecular complexity index is 688. The number of hydrogen-bond donors (Lipinski definition) is 3. The number of aromatic carboxylic acids is 1. The third-order valence-electron chi connectivity index (χ3n) is 3.32. The van der Waals surface area contributed by atoms with Gasteiger partial charge in [0, 0.05) is 18.2 Å². The number of H-pyrrole nitrogens is 1. The Hall–Kier alpha value is -2.28. The molecule has 0 saturated heterocycles. The minimum atomic E-state index is -0.977. The van der Waals surface area contributed by atoms with E-state index < -0.39 is 5.97 Å². The molecule has 3 rings (SSSR count). The molecule has 20 heavy (non-hydrogen) atoms. The molecule has 1 unspecified atom stereocenters. The molecule has 0 spiro atoms. The third kappa shape index (κ3) is 1.96. The summed E-state index contributed by atoms with van der Waals surface area (Å²) in [5, 5.41) is 12.4. The first kappa shape index (κ1) is 12.7. The van der Waals surface area contributed by atoms with Gasteiger partial charge in [-0.05, 0) is 12.1 Å². The van der Waals surface area contributed by atoms with Gasteiger partial charge >= 0.3 is 5.97 Å². The molecule has 0 fully saturated rings. The summed E-state index contributed by atoms with van der Waals surface area (Å²) in [5.41, 5.74) is 1.57. The number of fused-ring (bicyclic) bond motifs is 1. The van der Waals surface area contributed by atoms with Gasteiger partial charge in [-0.3, -0.25) is 4.79 Å². The highest BCUT2D eigenvalue weighted by Crippen LogP contribution is 2.41. The molecular weight excluding hydrogens is 280 g/mol. The number of thiophene rings is 1. The van der Waals surface area contributed by atoms with Gasteiger partial charge in [-0.25, -0.2) is 4.79 Å². The average Bonchev–Trinajstić information content (AvgIpc) is 3.06. The Balaban J connectivity index is 1.91. The average molecular weight is 292 g/mol. The van der Waals surface area contributed by atoms with Crippen LogP contribution in [0.2, 0.25) is 0 Å². The highest BCUT2D eigenvalue weighted by Gasteiger charge is 2.34. The molecule has 1 aliphatic heterocycles. The van der Waals surface area contributed by atoms with E-state index in [1.165, 1.54) is 0 Å². The third-order valence-corrected chi connectivity index (χ3v) is 4.37. The van der Waals surface area contributed by atoms with Gasteiger partial charge < -0.3 is 20.1 Å². The second-order valence-corrected chi connectivity index (χ2v) is 5.52. The van der Waals surface area contributed by atoms with Crippen molar-refractivity contribution in [2.75, 3.05) is 12.4 Å². The molecule has 3 heterocycles. The smallest absolute Gasteiger partial charge is 0.345 e. The molecule has 6 nitrogen and oxygen atoms in total. The van der Waals surface area contributed by atoms with E-state index in [0.29, 0.717) is 17.2 Å². The standard InChI is InChI=1S/C13H12N2O4S/c1-19-9-2-3-14-8(9)4-6-7-5-10(13(17)18)20-12(7)15-11(6)16/h2-3,5-6,14H,4H2,1H3,(H,15,16)(H,17,18). The lowest BCUT2D eigenvalue weighted by Crippen LogP contribution is -2.15. The largest absolute Gasteiger partial charge is 0.495 e. The van der Waals surface area contributed by atoms with E-state index in [9.17, 15) is 9.59 Å². The topological polar surface area (TPSA) is 91.4 Å². The molecule has 0 bridgehead atoms. The maximum Gasteiger partial charge on any atom is 0.345 e. The van der Waals surface area contributed by atoms with Crippen molar-refractivity contribution >= 4 is 28.2 Å². The number of methoxy groups -OCH3 is 1. The van der Waals surface area contributed by atoms with Crippen LogP contribution in [0.1, 0.15) is 26.8 Å². The number of amides is 1. The fourth-order valence-corrected chi connectivity index (χ4v) is 3.32. The van der Waals surface area contributed by atoms with Crippen molar-refractivity contribution < 1.29 is 19.4 Å². The van der Waals surface area contributed by atoms with Crippen LogP contribution in [-0.4, -0.2) is 29.1 Å². The lowest BCUT2D eigenvalue weighted by molar-refractivity contribution is -0.117. The van der Waals surface area contributed by atoms with Gasteiger partial charge in [-0.15, -0.1) is 11.3 Å². The first-order valence-corrected chi connectivity index (χ1v) is 6.80. The molecule has 1 aliphatic rings. The highest BCUT2D eigenvalue weighted by atomic mass is 32.1. The van der Waals surface area contributed by atoms with Crippen molar-refractivity contribution in [2.24, 2.45) is 0 Å². The second-order valence-electron chi connectivity index (χ2n) is 4.47. The maximum atomic E-state index is 12.0. The Morgan fingerprint density at radius 2 is 2.35 bits per heavy atom. The van der Waals surface area contributed by atoms with Gasteiger partial charge in [0.2, 0.25) is 5.91 Å². The number of aromatic amines is 1. The van der Waals surface area contributed by atoms with E-state index in [0.717, 1.165) is 22.6 Å². The number of rotatable bonds is 4.